The van der Waals surface area contributed by atoms with E-state index < -0.39 is 6.04 Å². The number of hydrogen-bond donors (Lipinski definition) is 2. The van der Waals surface area contributed by atoms with Crippen LogP contribution >= 0.6 is 46.3 Å². The molecule has 6 heteroatoms. The van der Waals surface area contributed by atoms with E-state index in [9.17, 15) is 4.79 Å². The van der Waals surface area contributed by atoms with Crippen molar-refractivity contribution in [2.24, 2.45) is 5.73 Å². The topological polar surface area (TPSA) is 55.1 Å². The lowest BCUT2D eigenvalue weighted by molar-refractivity contribution is -0.121. The summed E-state index contributed by atoms with van der Waals surface area (Å²) >= 11 is 4.04. The fourth-order valence-corrected chi connectivity index (χ4v) is 2.71. The van der Waals surface area contributed by atoms with E-state index in [1.54, 1.807) is 18.3 Å². The van der Waals surface area contributed by atoms with Crippen LogP contribution in [0.15, 0.2) is 12.1 Å². The molecule has 3 N–H and O–H groups in total. The normalized spacial score (nSPS) is 11.7. The molecule has 0 aromatic carbocycles. The zero-order chi connectivity index (χ0) is 10.6. The molecule has 0 aliphatic rings. The van der Waals surface area contributed by atoms with Crippen molar-refractivity contribution in [2.75, 3.05) is 6.54 Å². The van der Waals surface area contributed by atoms with Crippen molar-refractivity contribution in [2.45, 2.75) is 19.4 Å². The molecule has 1 rings (SSSR count). The molecule has 0 bridgehead atoms. The minimum atomic E-state index is -0.418. The number of amides is 1. The predicted octanol–water partition coefficient (Wildman–Crippen LogP) is 1.78. The first-order valence-electron chi connectivity index (χ1n) is 4.37. The van der Waals surface area contributed by atoms with E-state index in [1.165, 1.54) is 7.76 Å². The largest absolute Gasteiger partial charge is 0.354 e. The predicted molar refractivity (Wildman–Crippen MR) is 74.6 cm³/mol. The molecular formula is C9H14ClIN2OS. The number of carbonyl (C=O) groups is 1. The average Bonchev–Trinajstić information content (AvgIpc) is 2.51. The molecule has 1 atom stereocenters. The summed E-state index contributed by atoms with van der Waals surface area (Å²) in [6.45, 7) is 2.35. The van der Waals surface area contributed by atoms with Crippen molar-refractivity contribution < 1.29 is 4.79 Å². The first-order valence-corrected chi connectivity index (χ1v) is 6.26. The van der Waals surface area contributed by atoms with Crippen molar-refractivity contribution in [3.8, 4) is 0 Å². The van der Waals surface area contributed by atoms with Gasteiger partial charge in [0.1, 0.15) is 0 Å². The first kappa shape index (κ1) is 15.2. The summed E-state index contributed by atoms with van der Waals surface area (Å²) in [6.07, 6.45) is 0.881. The standard InChI is InChI=1S/C9H13IN2OS.ClH/c1-6(11)9(13)12-5-4-7-2-3-8(10)14-7;/h2-3,6H,4-5,11H2,1H3,(H,12,13);1H. The maximum Gasteiger partial charge on any atom is 0.236 e. The fraction of sp³-hybridized carbons (Fsp3) is 0.444. The third-order valence-electron chi connectivity index (χ3n) is 1.71. The molecule has 1 aromatic rings. The zero-order valence-corrected chi connectivity index (χ0v) is 12.1. The Morgan fingerprint density at radius 3 is 2.80 bits per heavy atom. The van der Waals surface area contributed by atoms with Crippen molar-refractivity contribution in [1.82, 2.24) is 5.32 Å². The van der Waals surface area contributed by atoms with Gasteiger partial charge in [0.15, 0.2) is 0 Å². The molecule has 1 unspecified atom stereocenters. The van der Waals surface area contributed by atoms with E-state index in [2.05, 4.69) is 40.0 Å². The van der Waals surface area contributed by atoms with Gasteiger partial charge in [-0.3, -0.25) is 4.79 Å². The smallest absolute Gasteiger partial charge is 0.236 e. The minimum Gasteiger partial charge on any atom is -0.354 e. The van der Waals surface area contributed by atoms with Crippen molar-refractivity contribution in [3.05, 3.63) is 19.9 Å². The molecule has 1 aromatic heterocycles. The van der Waals surface area contributed by atoms with Gasteiger partial charge < -0.3 is 11.1 Å². The Balaban J connectivity index is 0.00000196. The highest BCUT2D eigenvalue weighted by Gasteiger charge is 2.05. The van der Waals surface area contributed by atoms with Crippen LogP contribution in [0.5, 0.6) is 0 Å². The van der Waals surface area contributed by atoms with Gasteiger partial charge in [0.05, 0.1) is 8.93 Å². The Kier molecular flexibility index (Phi) is 7.50. The molecule has 0 aliphatic carbocycles. The van der Waals surface area contributed by atoms with Crippen LogP contribution in [0, 0.1) is 2.88 Å². The highest BCUT2D eigenvalue weighted by Crippen LogP contribution is 2.18. The minimum absolute atomic E-state index is 0. The number of rotatable bonds is 4. The Hall–Kier alpha value is 0.150. The average molecular weight is 361 g/mol. The van der Waals surface area contributed by atoms with Crippen LogP contribution in [0.1, 0.15) is 11.8 Å². The molecular weight excluding hydrogens is 347 g/mol. The summed E-state index contributed by atoms with van der Waals surface area (Å²) in [5.41, 5.74) is 5.41. The second-order valence-electron chi connectivity index (χ2n) is 3.04. The molecule has 0 fully saturated rings. The lowest BCUT2D eigenvalue weighted by atomic mass is 10.3. The summed E-state index contributed by atoms with van der Waals surface area (Å²) in [7, 11) is 0. The van der Waals surface area contributed by atoms with Crippen LogP contribution in [0.2, 0.25) is 0 Å². The molecule has 86 valence electrons. The second-order valence-corrected chi connectivity index (χ2v) is 6.10. The number of nitrogens with one attached hydrogen (secondary N) is 1. The van der Waals surface area contributed by atoms with Crippen LogP contribution in [0.3, 0.4) is 0 Å². The van der Waals surface area contributed by atoms with Crippen LogP contribution in [-0.2, 0) is 11.2 Å². The molecule has 0 aliphatic heterocycles. The van der Waals surface area contributed by atoms with Crippen LogP contribution in [0.4, 0.5) is 0 Å². The Morgan fingerprint density at radius 1 is 1.67 bits per heavy atom. The van der Waals surface area contributed by atoms with Crippen LogP contribution in [0.25, 0.3) is 0 Å². The fourth-order valence-electron chi connectivity index (χ4n) is 0.956. The number of halogens is 2. The zero-order valence-electron chi connectivity index (χ0n) is 8.33. The van der Waals surface area contributed by atoms with Gasteiger partial charge in [-0.05, 0) is 48.1 Å². The van der Waals surface area contributed by atoms with E-state index in [1.807, 2.05) is 0 Å². The van der Waals surface area contributed by atoms with Crippen LogP contribution in [-0.4, -0.2) is 18.5 Å². The van der Waals surface area contributed by atoms with Gasteiger partial charge in [-0.15, -0.1) is 23.7 Å². The van der Waals surface area contributed by atoms with E-state index in [4.69, 9.17) is 5.73 Å². The molecule has 0 spiro atoms. The summed E-state index contributed by atoms with van der Waals surface area (Å²) in [5, 5.41) is 2.78. The quantitative estimate of drug-likeness (QED) is 0.804. The molecule has 15 heavy (non-hydrogen) atoms. The number of hydrogen-bond acceptors (Lipinski definition) is 3. The van der Waals surface area contributed by atoms with Crippen LogP contribution < -0.4 is 11.1 Å². The molecule has 0 radical (unpaired) electrons. The van der Waals surface area contributed by atoms with Gasteiger partial charge in [-0.2, -0.15) is 0 Å². The summed E-state index contributed by atoms with van der Waals surface area (Å²) in [6, 6.07) is 3.75. The summed E-state index contributed by atoms with van der Waals surface area (Å²) < 4.78 is 1.27. The molecule has 0 saturated carbocycles. The summed E-state index contributed by atoms with van der Waals surface area (Å²) in [4.78, 5) is 12.4. The Bertz CT molecular complexity index is 317. The highest BCUT2D eigenvalue weighted by atomic mass is 127. The highest BCUT2D eigenvalue weighted by molar-refractivity contribution is 14.1. The maximum absolute atomic E-state index is 11.1. The second kappa shape index (κ2) is 7.43. The van der Waals surface area contributed by atoms with E-state index in [0.29, 0.717) is 6.54 Å². The maximum atomic E-state index is 11.1. The van der Waals surface area contributed by atoms with E-state index >= 15 is 0 Å². The Labute approximate surface area is 113 Å². The Morgan fingerprint density at radius 2 is 2.33 bits per heavy atom. The number of nitrogens with two attached hydrogens (primary N) is 1. The molecule has 3 nitrogen and oxygen atoms in total. The SMILES string of the molecule is CC(N)C(=O)NCCc1ccc(I)s1.Cl. The molecule has 1 heterocycles. The van der Waals surface area contributed by atoms with Crippen molar-refractivity contribution in [3.63, 3.8) is 0 Å². The van der Waals surface area contributed by atoms with Gasteiger partial charge in [-0.1, -0.05) is 0 Å². The van der Waals surface area contributed by atoms with Crippen molar-refractivity contribution >= 4 is 52.2 Å². The van der Waals surface area contributed by atoms with E-state index in [-0.39, 0.29) is 18.3 Å². The first-order chi connectivity index (χ1) is 6.59. The van der Waals surface area contributed by atoms with Gasteiger partial charge in [-0.25, -0.2) is 0 Å². The van der Waals surface area contributed by atoms with Gasteiger partial charge in [0, 0.05) is 11.4 Å². The lowest BCUT2D eigenvalue weighted by Crippen LogP contribution is -2.39. The monoisotopic (exact) mass is 360 g/mol. The van der Waals surface area contributed by atoms with E-state index in [0.717, 1.165) is 6.42 Å². The third-order valence-corrected chi connectivity index (χ3v) is 3.67. The molecule has 1 amide bonds. The number of carbonyl (C=O) groups excluding carboxylic acids is 1. The lowest BCUT2D eigenvalue weighted by Gasteiger charge is -2.06. The third kappa shape index (κ3) is 5.70. The van der Waals surface area contributed by atoms with Gasteiger partial charge in [0.25, 0.3) is 0 Å². The van der Waals surface area contributed by atoms with Gasteiger partial charge in [0.2, 0.25) is 5.91 Å². The van der Waals surface area contributed by atoms with Gasteiger partial charge >= 0.3 is 0 Å². The number of thiophene rings is 1. The molecule has 0 saturated heterocycles. The van der Waals surface area contributed by atoms with Crippen molar-refractivity contribution in [1.29, 1.82) is 0 Å². The summed E-state index contributed by atoms with van der Waals surface area (Å²) in [5.74, 6) is -0.0868.